The molecule has 0 radical (unpaired) electrons. The zero-order valence-corrected chi connectivity index (χ0v) is 48.2. The number of benzene rings is 11. The molecule has 0 atom stereocenters. The van der Waals surface area contributed by atoms with Crippen LogP contribution in [0.1, 0.15) is 52.4 Å². The number of para-hydroxylation sites is 6. The third-order valence-corrected chi connectivity index (χ3v) is 19.0. The van der Waals surface area contributed by atoms with Gasteiger partial charge in [0, 0.05) is 60.6 Å². The van der Waals surface area contributed by atoms with Crippen molar-refractivity contribution in [3.05, 3.63) is 297 Å². The van der Waals surface area contributed by atoms with Crippen LogP contribution in [0.4, 0.5) is 0 Å². The maximum absolute atomic E-state index is 10.9. The van der Waals surface area contributed by atoms with Gasteiger partial charge in [-0.3, -0.25) is 4.57 Å². The zero-order valence-electron chi connectivity index (χ0n) is 63.9. The van der Waals surface area contributed by atoms with Crippen molar-refractivity contribution in [1.82, 2.24) is 14.1 Å². The molecule has 0 amide bonds. The molecule has 0 saturated carbocycles. The van der Waals surface area contributed by atoms with E-state index < -0.39 is 149 Å². The summed E-state index contributed by atoms with van der Waals surface area (Å²) in [4.78, 5) is 4.84. The van der Waals surface area contributed by atoms with Crippen molar-refractivity contribution in [2.45, 2.75) is 26.2 Å². The standard InChI is InChI=1S/C76H54N4O2Si.Pt/c1-76(2,3)53-45-46-77-73(48-53)80-68-39-15-13-33-62(68)63-44-43-56(50-71(63)80)81-55-25-20-24-54(49-55)78-51-79(70-41-17-16-40-69(70)78)74-61(35-21-36-65(74)67-38-22-37-66-64-34-14-18-42-72(64)82-75(66)67)52-23-19-32-60(47-52)83(57-26-7-4-8-27-57,58-28-9-5-10-29-58)59-30-11-6-12-31-59;/h4-48H,1-3H3;/q-2;/i4D,5D,6D,7D,8D,9D,10D,11D,12D,19D,23D,26D,27D,28D,29D,30D,31D,32D,47D;. The third kappa shape index (κ3) is 8.82. The Morgan fingerprint density at radius 3 is 1.92 bits per heavy atom. The van der Waals surface area contributed by atoms with Crippen LogP contribution in [0.25, 0.3) is 94.2 Å². The SMILES string of the molecule is [2H]c1c([2H])c([2H])c([Si](c2c([2H])c([2H])c([2H])c([2H])c2[2H])(c2c([2H])c([2H])c([2H])c([2H])c2[2H])c2c([2H])c([2H])c([2H])c(-c3cccc(-c4cccc5c4oc4ccccc45)c3-[n+]3[c-]n(-c4[c-]c(Oc5[c-]c6c(cc5)c5ccccc5n6-c5cc(C(C)(C)C)ccn5)ccc4)c4ccccc43)c2[2H])c([2H])c1[2H].[Pt]. The first-order valence-corrected chi connectivity index (χ1v) is 28.6. The fraction of sp³-hybridized carbons (Fsp3) is 0.0526. The first kappa shape index (κ1) is 35.4. The van der Waals surface area contributed by atoms with Crippen molar-refractivity contribution in [3.63, 3.8) is 0 Å². The first-order valence-electron chi connectivity index (χ1n) is 36.1. The van der Waals surface area contributed by atoms with E-state index in [9.17, 15) is 21.9 Å². The Morgan fingerprint density at radius 2 is 1.17 bits per heavy atom. The van der Waals surface area contributed by atoms with E-state index in [1.165, 1.54) is 6.07 Å². The van der Waals surface area contributed by atoms with E-state index in [2.05, 4.69) is 55.9 Å². The summed E-state index contributed by atoms with van der Waals surface area (Å²) in [6.45, 7) is 6.44. The number of pyridine rings is 1. The topological polar surface area (TPSA) is 49.0 Å². The van der Waals surface area contributed by atoms with Gasteiger partial charge in [-0.05, 0) is 83.8 Å². The van der Waals surface area contributed by atoms with Crippen LogP contribution in [0.15, 0.2) is 277 Å². The number of rotatable bonds is 11. The predicted molar refractivity (Wildman–Crippen MR) is 340 cm³/mol. The number of hydrogen-bond donors (Lipinski definition) is 0. The van der Waals surface area contributed by atoms with Gasteiger partial charge in [-0.25, -0.2) is 4.98 Å². The van der Waals surface area contributed by atoms with E-state index in [1.54, 1.807) is 63.9 Å². The van der Waals surface area contributed by atoms with Crippen LogP contribution in [0, 0.1) is 18.5 Å². The number of hydrogen-bond acceptors (Lipinski definition) is 3. The molecule has 0 aliphatic heterocycles. The summed E-state index contributed by atoms with van der Waals surface area (Å²) in [5.74, 6) is 1.35. The van der Waals surface area contributed by atoms with Gasteiger partial charge in [0.05, 0.1) is 42.8 Å². The molecule has 0 aliphatic rings. The largest absolute Gasteiger partial charge is 0.510 e. The van der Waals surface area contributed by atoms with E-state index in [1.807, 2.05) is 84.9 Å². The summed E-state index contributed by atoms with van der Waals surface area (Å²) in [7, 11) is -6.26. The normalized spacial score (nSPS) is 15.1. The van der Waals surface area contributed by atoms with Crippen LogP contribution in [0.5, 0.6) is 11.5 Å². The van der Waals surface area contributed by atoms with Crippen molar-refractivity contribution in [2.75, 3.05) is 0 Å². The summed E-state index contributed by atoms with van der Waals surface area (Å²) in [6, 6.07) is 33.4. The molecule has 4 heterocycles. The number of aromatic nitrogens is 4. The molecule has 0 aliphatic carbocycles. The Hall–Kier alpha value is -9.65. The van der Waals surface area contributed by atoms with Crippen molar-refractivity contribution >= 4 is 83.6 Å². The third-order valence-electron chi connectivity index (χ3n) is 15.0. The summed E-state index contributed by atoms with van der Waals surface area (Å²) in [6.07, 6.45) is 5.35. The molecule has 11 aromatic carbocycles. The molecular weight excluding hydrogens is 1220 g/mol. The van der Waals surface area contributed by atoms with E-state index >= 15 is 0 Å². The Morgan fingerprint density at radius 1 is 0.548 bits per heavy atom. The number of nitrogens with zero attached hydrogens (tertiary/aromatic N) is 4. The van der Waals surface area contributed by atoms with Crippen molar-refractivity contribution in [2.24, 2.45) is 0 Å². The Balaban J connectivity index is 0.00000897. The summed E-state index contributed by atoms with van der Waals surface area (Å²) >= 11 is 0. The average molecular weight is 1300 g/mol. The molecule has 0 spiro atoms. The molecule has 15 rings (SSSR count). The molecule has 0 fully saturated rings. The van der Waals surface area contributed by atoms with Crippen LogP contribution >= 0.6 is 0 Å². The quantitative estimate of drug-likeness (QED) is 0.0561. The number of furan rings is 1. The maximum Gasteiger partial charge on any atom is 0.268 e. The zero-order chi connectivity index (χ0) is 72.2. The van der Waals surface area contributed by atoms with Gasteiger partial charge >= 0.3 is 0 Å². The molecule has 406 valence electrons. The first-order chi connectivity index (χ1) is 48.7. The van der Waals surface area contributed by atoms with Crippen LogP contribution in [-0.4, -0.2) is 22.2 Å². The van der Waals surface area contributed by atoms with Gasteiger partial charge in [0.2, 0.25) is 0 Å². The smallest absolute Gasteiger partial charge is 0.268 e. The van der Waals surface area contributed by atoms with E-state index in [4.69, 9.17) is 18.3 Å². The number of imidazole rings is 1. The minimum Gasteiger partial charge on any atom is -0.510 e. The molecule has 8 heteroatoms. The van der Waals surface area contributed by atoms with Gasteiger partial charge in [-0.1, -0.05) is 238 Å². The maximum atomic E-state index is 10.9. The second kappa shape index (κ2) is 21.3. The van der Waals surface area contributed by atoms with Gasteiger partial charge in [-0.2, -0.15) is 18.2 Å². The van der Waals surface area contributed by atoms with E-state index in [0.717, 1.165) is 32.8 Å². The monoisotopic (exact) mass is 1300 g/mol. The van der Waals surface area contributed by atoms with Gasteiger partial charge in [0.25, 0.3) is 6.33 Å². The van der Waals surface area contributed by atoms with Gasteiger partial charge < -0.3 is 18.3 Å². The molecule has 15 aromatic rings. The fourth-order valence-electron chi connectivity index (χ4n) is 11.2. The molecule has 0 saturated heterocycles. The Labute approximate surface area is 530 Å². The molecule has 0 N–H and O–H groups in total. The molecule has 0 bridgehead atoms. The van der Waals surface area contributed by atoms with Gasteiger partial charge in [-0.15, -0.1) is 29.7 Å². The summed E-state index contributed by atoms with van der Waals surface area (Å²) in [5.41, 5.74) is 5.28. The molecule has 84 heavy (non-hydrogen) atoms. The molecule has 0 unspecified atom stereocenters. The van der Waals surface area contributed by atoms with E-state index in [-0.39, 0.29) is 43.5 Å². The van der Waals surface area contributed by atoms with Gasteiger partial charge in [0.15, 0.2) is 8.07 Å². The minimum absolute atomic E-state index is 0. The van der Waals surface area contributed by atoms with Crippen LogP contribution in [0.3, 0.4) is 0 Å². The van der Waals surface area contributed by atoms with Crippen molar-refractivity contribution < 1.29 is 60.8 Å². The van der Waals surface area contributed by atoms with Crippen molar-refractivity contribution in [3.8, 4) is 50.9 Å². The molecule has 6 nitrogen and oxygen atoms in total. The van der Waals surface area contributed by atoms with Crippen LogP contribution in [-0.2, 0) is 26.5 Å². The number of fused-ring (bicyclic) bond motifs is 7. The second-order valence-electron chi connectivity index (χ2n) is 20.8. The van der Waals surface area contributed by atoms with E-state index in [0.29, 0.717) is 56.0 Å². The molecular formula is C76H54N4O2PtSi-2. The van der Waals surface area contributed by atoms with Crippen molar-refractivity contribution in [1.29, 1.82) is 0 Å². The Kier molecular flexibility index (Phi) is 8.95. The minimum atomic E-state index is -6.26. The molecule has 4 aromatic heterocycles. The van der Waals surface area contributed by atoms with Gasteiger partial charge in [0.1, 0.15) is 17.0 Å². The summed E-state index contributed by atoms with van der Waals surface area (Å²) in [5, 5.41) is -0.403. The number of ether oxygens (including phenoxy) is 1. The van der Waals surface area contributed by atoms with Crippen LogP contribution < -0.4 is 30.1 Å². The Bertz CT molecular complexity index is 5890. The predicted octanol–water partition coefficient (Wildman–Crippen LogP) is 15.5. The average Bonchev–Trinajstić information content (AvgIpc) is 1.50. The van der Waals surface area contributed by atoms with Crippen LogP contribution in [0.2, 0.25) is 0 Å². The second-order valence-corrected chi connectivity index (χ2v) is 24.3. The fourth-order valence-corrected chi connectivity index (χ4v) is 14.8. The summed E-state index contributed by atoms with van der Waals surface area (Å²) < 4.78 is 200.